The maximum absolute atomic E-state index is 11.9. The first kappa shape index (κ1) is 13.9. The van der Waals surface area contributed by atoms with Gasteiger partial charge in [-0.3, -0.25) is 4.79 Å². The van der Waals surface area contributed by atoms with Crippen LogP contribution >= 0.6 is 0 Å². The van der Waals surface area contributed by atoms with Crippen molar-refractivity contribution in [3.05, 3.63) is 35.6 Å². The van der Waals surface area contributed by atoms with Crippen molar-refractivity contribution in [2.45, 2.75) is 52.4 Å². The Balaban J connectivity index is 2.41. The van der Waals surface area contributed by atoms with Gasteiger partial charge in [0, 0.05) is 11.8 Å². The van der Waals surface area contributed by atoms with Crippen LogP contribution in [-0.4, -0.2) is 5.78 Å². The predicted molar refractivity (Wildman–Crippen MR) is 78.8 cm³/mol. The molecule has 0 N–H and O–H groups in total. The molecular weight excluding hydrogens is 236 g/mol. The molecule has 1 heterocycles. The Hall–Kier alpha value is -1.57. The second kappa shape index (κ2) is 5.20. The van der Waals surface area contributed by atoms with Crippen molar-refractivity contribution in [2.24, 2.45) is 0 Å². The number of hydrogen-bond acceptors (Lipinski definition) is 2. The fourth-order valence-corrected chi connectivity index (χ4v) is 2.16. The van der Waals surface area contributed by atoms with Crippen molar-refractivity contribution in [3.63, 3.8) is 0 Å². The standard InChI is InChI=1S/C17H22O2/c1-5-7-14(18)16-11-12-10-13(17(3,4)6-2)8-9-15(12)19-16/h8-11H,5-7H2,1-4H3. The Morgan fingerprint density at radius 2 is 1.95 bits per heavy atom. The maximum Gasteiger partial charge on any atom is 0.198 e. The normalized spacial score (nSPS) is 12.0. The molecule has 0 saturated carbocycles. The van der Waals surface area contributed by atoms with Crippen molar-refractivity contribution in [1.29, 1.82) is 0 Å². The molecular formula is C17H22O2. The Labute approximate surface area is 114 Å². The zero-order chi connectivity index (χ0) is 14.0. The summed E-state index contributed by atoms with van der Waals surface area (Å²) in [7, 11) is 0. The van der Waals surface area contributed by atoms with Crippen LogP contribution in [0.25, 0.3) is 11.0 Å². The minimum atomic E-state index is 0.0926. The van der Waals surface area contributed by atoms with Crippen LogP contribution in [0.15, 0.2) is 28.7 Å². The van der Waals surface area contributed by atoms with E-state index < -0.39 is 0 Å². The number of ketones is 1. The number of fused-ring (bicyclic) bond motifs is 1. The van der Waals surface area contributed by atoms with Gasteiger partial charge in [0.05, 0.1) is 0 Å². The smallest absolute Gasteiger partial charge is 0.198 e. The molecule has 2 heteroatoms. The Kier molecular flexibility index (Phi) is 3.79. The molecule has 102 valence electrons. The molecule has 0 aliphatic carbocycles. The van der Waals surface area contributed by atoms with Gasteiger partial charge < -0.3 is 4.42 Å². The number of carbonyl (C=O) groups excluding carboxylic acids is 1. The third kappa shape index (κ3) is 2.73. The van der Waals surface area contributed by atoms with E-state index in [1.165, 1.54) is 5.56 Å². The van der Waals surface area contributed by atoms with Crippen LogP contribution in [0, 0.1) is 0 Å². The van der Waals surface area contributed by atoms with Gasteiger partial charge in [-0.2, -0.15) is 0 Å². The van der Waals surface area contributed by atoms with E-state index in [0.717, 1.165) is 23.8 Å². The zero-order valence-corrected chi connectivity index (χ0v) is 12.2. The van der Waals surface area contributed by atoms with Crippen LogP contribution in [-0.2, 0) is 5.41 Å². The van der Waals surface area contributed by atoms with Gasteiger partial charge in [-0.1, -0.05) is 33.8 Å². The highest BCUT2D eigenvalue weighted by Crippen LogP contribution is 2.30. The lowest BCUT2D eigenvalue weighted by Gasteiger charge is -2.23. The van der Waals surface area contributed by atoms with E-state index >= 15 is 0 Å². The topological polar surface area (TPSA) is 30.2 Å². The van der Waals surface area contributed by atoms with Gasteiger partial charge in [-0.15, -0.1) is 0 Å². The number of Topliss-reactive ketones (excluding diaryl/α,β-unsaturated/α-hetero) is 1. The van der Waals surface area contributed by atoms with Crippen LogP contribution in [0.2, 0.25) is 0 Å². The first-order valence-electron chi connectivity index (χ1n) is 7.05. The van der Waals surface area contributed by atoms with Gasteiger partial charge in [0.1, 0.15) is 5.58 Å². The molecule has 2 aromatic rings. The van der Waals surface area contributed by atoms with Crippen LogP contribution < -0.4 is 0 Å². The lowest BCUT2D eigenvalue weighted by molar-refractivity contribution is 0.0957. The number of furan rings is 1. The van der Waals surface area contributed by atoms with Crippen molar-refractivity contribution in [3.8, 4) is 0 Å². The summed E-state index contributed by atoms with van der Waals surface area (Å²) in [5.41, 5.74) is 2.24. The summed E-state index contributed by atoms with van der Waals surface area (Å²) in [6.45, 7) is 8.66. The van der Waals surface area contributed by atoms with E-state index in [-0.39, 0.29) is 11.2 Å². The molecule has 0 spiro atoms. The summed E-state index contributed by atoms with van der Waals surface area (Å²) < 4.78 is 5.63. The summed E-state index contributed by atoms with van der Waals surface area (Å²) in [4.78, 5) is 11.9. The molecule has 0 fully saturated rings. The summed E-state index contributed by atoms with van der Waals surface area (Å²) in [6.07, 6.45) is 2.48. The lowest BCUT2D eigenvalue weighted by Crippen LogP contribution is -2.14. The average Bonchev–Trinajstić information content (AvgIpc) is 2.81. The van der Waals surface area contributed by atoms with E-state index in [4.69, 9.17) is 4.42 Å². The summed E-state index contributed by atoms with van der Waals surface area (Å²) in [5, 5.41) is 1.03. The minimum Gasteiger partial charge on any atom is -0.453 e. The van der Waals surface area contributed by atoms with Gasteiger partial charge >= 0.3 is 0 Å². The van der Waals surface area contributed by atoms with E-state index in [9.17, 15) is 4.79 Å². The second-order valence-electron chi connectivity index (χ2n) is 5.77. The fraction of sp³-hybridized carbons (Fsp3) is 0.471. The van der Waals surface area contributed by atoms with Crippen LogP contribution in [0.5, 0.6) is 0 Å². The fourth-order valence-electron chi connectivity index (χ4n) is 2.16. The number of rotatable bonds is 5. The van der Waals surface area contributed by atoms with Gasteiger partial charge in [0.15, 0.2) is 11.5 Å². The number of carbonyl (C=O) groups is 1. The summed E-state index contributed by atoms with van der Waals surface area (Å²) >= 11 is 0. The molecule has 0 radical (unpaired) electrons. The Morgan fingerprint density at radius 1 is 1.21 bits per heavy atom. The highest BCUT2D eigenvalue weighted by molar-refractivity contribution is 5.97. The van der Waals surface area contributed by atoms with Gasteiger partial charge in [-0.25, -0.2) is 0 Å². The second-order valence-corrected chi connectivity index (χ2v) is 5.77. The quantitative estimate of drug-likeness (QED) is 0.698. The molecule has 1 aromatic carbocycles. The summed E-state index contributed by atoms with van der Waals surface area (Å²) in [6, 6.07) is 8.10. The van der Waals surface area contributed by atoms with Crippen molar-refractivity contribution in [1.82, 2.24) is 0 Å². The Morgan fingerprint density at radius 3 is 2.58 bits per heavy atom. The molecule has 0 amide bonds. The number of benzene rings is 1. The molecule has 0 atom stereocenters. The van der Waals surface area contributed by atoms with E-state index in [2.05, 4.69) is 32.9 Å². The number of hydrogen-bond donors (Lipinski definition) is 0. The third-order valence-corrected chi connectivity index (χ3v) is 3.93. The molecule has 0 saturated heterocycles. The lowest BCUT2D eigenvalue weighted by atomic mass is 9.82. The third-order valence-electron chi connectivity index (χ3n) is 3.93. The first-order chi connectivity index (χ1) is 8.97. The minimum absolute atomic E-state index is 0.0926. The van der Waals surface area contributed by atoms with E-state index in [0.29, 0.717) is 12.2 Å². The predicted octanol–water partition coefficient (Wildman–Crippen LogP) is 5.10. The van der Waals surface area contributed by atoms with Gasteiger partial charge in [0.2, 0.25) is 0 Å². The molecule has 0 aliphatic rings. The van der Waals surface area contributed by atoms with Gasteiger partial charge in [-0.05, 0) is 42.0 Å². The van der Waals surface area contributed by atoms with Crippen LogP contribution in [0.3, 0.4) is 0 Å². The molecule has 19 heavy (non-hydrogen) atoms. The summed E-state index contributed by atoms with van der Waals surface area (Å²) in [5.74, 6) is 0.582. The molecule has 0 aliphatic heterocycles. The molecule has 0 unspecified atom stereocenters. The Bertz CT molecular complexity index is 590. The van der Waals surface area contributed by atoms with Crippen molar-refractivity contribution >= 4 is 16.8 Å². The average molecular weight is 258 g/mol. The van der Waals surface area contributed by atoms with Crippen LogP contribution in [0.1, 0.15) is 63.1 Å². The van der Waals surface area contributed by atoms with Crippen molar-refractivity contribution in [2.75, 3.05) is 0 Å². The highest BCUT2D eigenvalue weighted by atomic mass is 16.3. The molecule has 0 bridgehead atoms. The van der Waals surface area contributed by atoms with E-state index in [1.807, 2.05) is 19.1 Å². The van der Waals surface area contributed by atoms with Crippen molar-refractivity contribution < 1.29 is 9.21 Å². The molecule has 1 aromatic heterocycles. The van der Waals surface area contributed by atoms with Gasteiger partial charge in [0.25, 0.3) is 0 Å². The monoisotopic (exact) mass is 258 g/mol. The first-order valence-corrected chi connectivity index (χ1v) is 7.05. The SMILES string of the molecule is CCCC(=O)c1cc2cc(C(C)(C)CC)ccc2o1. The highest BCUT2D eigenvalue weighted by Gasteiger charge is 2.19. The van der Waals surface area contributed by atoms with E-state index in [1.54, 1.807) is 0 Å². The van der Waals surface area contributed by atoms with Crippen LogP contribution in [0.4, 0.5) is 0 Å². The molecule has 2 rings (SSSR count). The molecule has 2 nitrogen and oxygen atoms in total. The maximum atomic E-state index is 11.9. The largest absolute Gasteiger partial charge is 0.453 e. The zero-order valence-electron chi connectivity index (χ0n) is 12.2.